The van der Waals surface area contributed by atoms with E-state index in [0.29, 0.717) is 34.9 Å². The molecular weight excluding hydrogens is 517 g/mol. The molecule has 0 radical (unpaired) electrons. The summed E-state index contributed by atoms with van der Waals surface area (Å²) in [6, 6.07) is 19.0. The molecule has 2 unspecified atom stereocenters. The molecule has 0 aromatic heterocycles. The number of benzene rings is 3. The minimum Gasteiger partial charge on any atom is -0.489 e. The molecule has 2 atom stereocenters. The van der Waals surface area contributed by atoms with Crippen LogP contribution in [0.15, 0.2) is 71.9 Å². The van der Waals surface area contributed by atoms with Gasteiger partial charge in [0.15, 0.2) is 0 Å². The van der Waals surface area contributed by atoms with Crippen molar-refractivity contribution in [2.45, 2.75) is 59.3 Å². The van der Waals surface area contributed by atoms with Crippen molar-refractivity contribution in [1.29, 1.82) is 0 Å². The van der Waals surface area contributed by atoms with Crippen LogP contribution in [0.5, 0.6) is 5.75 Å². The number of aromatic carboxylic acids is 1. The molecule has 0 spiro atoms. The summed E-state index contributed by atoms with van der Waals surface area (Å²) in [6.45, 7) is 10.7. The van der Waals surface area contributed by atoms with Crippen LogP contribution < -0.4 is 10.5 Å². The fraction of sp³-hybridized carbons (Fsp3) is 0.344. The molecule has 4 nitrogen and oxygen atoms in total. The molecule has 38 heavy (non-hydrogen) atoms. The van der Waals surface area contributed by atoms with E-state index in [1.165, 1.54) is 11.1 Å². The summed E-state index contributed by atoms with van der Waals surface area (Å²) in [4.78, 5) is 11.2. The average molecular weight is 555 g/mol. The van der Waals surface area contributed by atoms with E-state index in [9.17, 15) is 9.90 Å². The van der Waals surface area contributed by atoms with E-state index >= 15 is 0 Å². The van der Waals surface area contributed by atoms with Crippen molar-refractivity contribution in [2.24, 2.45) is 11.7 Å². The van der Waals surface area contributed by atoms with Gasteiger partial charge in [0, 0.05) is 15.7 Å². The highest BCUT2D eigenvalue weighted by atomic mass is 35.5. The Bertz CT molecular complexity index is 1320. The average Bonchev–Trinajstić information content (AvgIpc) is 3.69. The van der Waals surface area contributed by atoms with Crippen molar-refractivity contribution in [3.8, 4) is 5.75 Å². The van der Waals surface area contributed by atoms with Crippen LogP contribution >= 0.6 is 23.2 Å². The first kappa shape index (κ1) is 29.6. The standard InChI is InChI=1S/C23H26ClNO3.C9H11Cl/c1-13(2)22(25)14(3)12-28-17-7-8-18(21(24)10-17)20-11-19(20)15-5-4-6-16(9-15)23(26)27;1-3-8-5-4-6-9(10)7(8)2/h4-10,13,19-20H,11-12,25H2,1-3H3,(H,26,27);4-6H,3H2,1-2H3/b22-14+;. The maximum absolute atomic E-state index is 11.2. The van der Waals surface area contributed by atoms with Crippen LogP contribution in [0.25, 0.3) is 0 Å². The summed E-state index contributed by atoms with van der Waals surface area (Å²) in [7, 11) is 0. The van der Waals surface area contributed by atoms with Gasteiger partial charge >= 0.3 is 5.97 Å². The third-order valence-corrected chi connectivity index (χ3v) is 7.79. The van der Waals surface area contributed by atoms with Gasteiger partial charge in [0.05, 0.1) is 5.56 Å². The second-order valence-electron chi connectivity index (χ2n) is 10.1. The van der Waals surface area contributed by atoms with Crippen LogP contribution in [0.1, 0.15) is 78.6 Å². The van der Waals surface area contributed by atoms with Crippen molar-refractivity contribution < 1.29 is 14.6 Å². The van der Waals surface area contributed by atoms with E-state index in [1.807, 2.05) is 43.3 Å². The van der Waals surface area contributed by atoms with Gasteiger partial charge in [-0.2, -0.15) is 0 Å². The van der Waals surface area contributed by atoms with Gasteiger partial charge in [0.25, 0.3) is 0 Å². The zero-order chi connectivity index (χ0) is 28.0. The first-order chi connectivity index (χ1) is 18.0. The first-order valence-electron chi connectivity index (χ1n) is 13.0. The minimum atomic E-state index is -0.902. The molecular formula is C32H37Cl2NO3. The molecule has 3 N–H and O–H groups in total. The number of aryl methyl sites for hydroxylation is 1. The van der Waals surface area contributed by atoms with Crippen molar-refractivity contribution in [3.63, 3.8) is 0 Å². The quantitative estimate of drug-likeness (QED) is 0.292. The van der Waals surface area contributed by atoms with Crippen molar-refractivity contribution in [1.82, 2.24) is 0 Å². The Balaban J connectivity index is 0.000000336. The predicted octanol–water partition coefficient (Wildman–Crippen LogP) is 8.79. The maximum Gasteiger partial charge on any atom is 0.335 e. The molecule has 3 aromatic carbocycles. The van der Waals surface area contributed by atoms with Crippen molar-refractivity contribution in [2.75, 3.05) is 6.61 Å². The van der Waals surface area contributed by atoms with Crippen LogP contribution in [0.2, 0.25) is 10.0 Å². The Morgan fingerprint density at radius 1 is 1.05 bits per heavy atom. The van der Waals surface area contributed by atoms with Gasteiger partial charge in [-0.1, -0.05) is 74.3 Å². The molecule has 0 amide bonds. The Morgan fingerprint density at radius 3 is 2.37 bits per heavy atom. The van der Waals surface area contributed by atoms with Crippen LogP contribution in [-0.4, -0.2) is 17.7 Å². The number of carboxylic acids is 1. The SMILES string of the molecule is C/C(COc1ccc(C2CC2c2cccc(C(=O)O)c2)c(Cl)c1)=C(\N)C(C)C.CCc1cccc(Cl)c1C. The van der Waals surface area contributed by atoms with Crippen LogP contribution in [0.4, 0.5) is 0 Å². The maximum atomic E-state index is 11.2. The summed E-state index contributed by atoms with van der Waals surface area (Å²) < 4.78 is 5.84. The van der Waals surface area contributed by atoms with Crippen LogP contribution in [-0.2, 0) is 6.42 Å². The number of hydrogen-bond donors (Lipinski definition) is 2. The highest BCUT2D eigenvalue weighted by Gasteiger charge is 2.40. The number of halogens is 2. The van der Waals surface area contributed by atoms with Gasteiger partial charge in [-0.3, -0.25) is 0 Å². The smallest absolute Gasteiger partial charge is 0.335 e. The molecule has 4 rings (SSSR count). The lowest BCUT2D eigenvalue weighted by Gasteiger charge is -2.13. The molecule has 202 valence electrons. The summed E-state index contributed by atoms with van der Waals surface area (Å²) in [5, 5.41) is 10.7. The Hall–Kier alpha value is -2.95. The zero-order valence-electron chi connectivity index (χ0n) is 22.7. The molecule has 3 aromatic rings. The summed E-state index contributed by atoms with van der Waals surface area (Å²) in [5.74, 6) is 0.722. The van der Waals surface area contributed by atoms with E-state index < -0.39 is 5.97 Å². The van der Waals surface area contributed by atoms with E-state index in [1.54, 1.807) is 18.2 Å². The molecule has 0 aliphatic heterocycles. The molecule has 0 heterocycles. The third-order valence-electron chi connectivity index (χ3n) is 7.05. The number of carbonyl (C=O) groups is 1. The van der Waals surface area contributed by atoms with Crippen LogP contribution in [0, 0.1) is 12.8 Å². The molecule has 1 aliphatic carbocycles. The summed E-state index contributed by atoms with van der Waals surface area (Å²) in [5.41, 5.74) is 12.9. The molecule has 1 saturated carbocycles. The van der Waals surface area contributed by atoms with Gasteiger partial charge in [-0.25, -0.2) is 4.79 Å². The fourth-order valence-electron chi connectivity index (χ4n) is 4.51. The van der Waals surface area contributed by atoms with Gasteiger partial charge in [-0.05, 0) is 103 Å². The third kappa shape index (κ3) is 7.55. The number of hydrogen-bond acceptors (Lipinski definition) is 3. The second-order valence-corrected chi connectivity index (χ2v) is 10.9. The number of nitrogens with two attached hydrogens (primary N) is 1. The van der Waals surface area contributed by atoms with Gasteiger partial charge in [0.1, 0.15) is 12.4 Å². The second kappa shape index (κ2) is 13.2. The predicted molar refractivity (Wildman–Crippen MR) is 158 cm³/mol. The number of rotatable bonds is 8. The lowest BCUT2D eigenvalue weighted by Crippen LogP contribution is -2.12. The Morgan fingerprint density at radius 2 is 1.76 bits per heavy atom. The van der Waals surface area contributed by atoms with Crippen LogP contribution in [0.3, 0.4) is 0 Å². The van der Waals surface area contributed by atoms with E-state index in [4.69, 9.17) is 33.7 Å². The molecule has 6 heteroatoms. The minimum absolute atomic E-state index is 0.293. The van der Waals surface area contributed by atoms with E-state index in [-0.39, 0.29) is 0 Å². The summed E-state index contributed by atoms with van der Waals surface area (Å²) >= 11 is 12.4. The van der Waals surface area contributed by atoms with Crippen molar-refractivity contribution >= 4 is 29.2 Å². The Kier molecular flexibility index (Phi) is 10.3. The van der Waals surface area contributed by atoms with Gasteiger partial charge in [-0.15, -0.1) is 0 Å². The number of carboxylic acid groups (broad SMARTS) is 1. The molecule has 1 fully saturated rings. The molecule has 0 bridgehead atoms. The highest BCUT2D eigenvalue weighted by molar-refractivity contribution is 6.31. The monoisotopic (exact) mass is 553 g/mol. The lowest BCUT2D eigenvalue weighted by molar-refractivity contribution is 0.0696. The number of allylic oxidation sites excluding steroid dienone is 1. The van der Waals surface area contributed by atoms with E-state index in [0.717, 1.165) is 46.0 Å². The van der Waals surface area contributed by atoms with Gasteiger partial charge in [0.2, 0.25) is 0 Å². The van der Waals surface area contributed by atoms with Crippen molar-refractivity contribution in [3.05, 3.63) is 110 Å². The normalized spacial score (nSPS) is 16.8. The Labute approximate surface area is 236 Å². The topological polar surface area (TPSA) is 72.5 Å². The van der Waals surface area contributed by atoms with Gasteiger partial charge < -0.3 is 15.6 Å². The van der Waals surface area contributed by atoms with E-state index in [2.05, 4.69) is 33.8 Å². The summed E-state index contributed by atoms with van der Waals surface area (Å²) in [6.07, 6.45) is 2.03. The number of ether oxygens (including phenoxy) is 1. The first-order valence-corrected chi connectivity index (χ1v) is 13.7. The molecule has 0 saturated heterocycles. The largest absolute Gasteiger partial charge is 0.489 e. The lowest BCUT2D eigenvalue weighted by atomic mass is 10.0. The fourth-order valence-corrected chi connectivity index (χ4v) is 5.02. The molecule has 1 aliphatic rings. The highest BCUT2D eigenvalue weighted by Crippen LogP contribution is 2.56. The zero-order valence-corrected chi connectivity index (χ0v) is 24.2.